The Morgan fingerprint density at radius 1 is 1.00 bits per heavy atom. The van der Waals surface area contributed by atoms with Crippen LogP contribution in [0.25, 0.3) is 0 Å². The van der Waals surface area contributed by atoms with Gasteiger partial charge in [-0.15, -0.1) is 0 Å². The lowest BCUT2D eigenvalue weighted by Gasteiger charge is -2.13. The summed E-state index contributed by atoms with van der Waals surface area (Å²) in [4.78, 5) is 0. The molecule has 0 heterocycles. The molecule has 0 radical (unpaired) electrons. The van der Waals surface area contributed by atoms with E-state index in [1.54, 1.807) is 14.2 Å². The molecular formula is C16H18BrNO3. The summed E-state index contributed by atoms with van der Waals surface area (Å²) in [5.41, 5.74) is 7.69. The topological polar surface area (TPSA) is 53.7 Å². The number of benzene rings is 2. The minimum Gasteiger partial charge on any atom is -0.497 e. The molecule has 0 amide bonds. The maximum Gasteiger partial charge on any atom is 0.134 e. The molecule has 0 saturated carbocycles. The van der Waals surface area contributed by atoms with Gasteiger partial charge >= 0.3 is 0 Å². The van der Waals surface area contributed by atoms with Crippen molar-refractivity contribution in [3.8, 4) is 17.2 Å². The molecule has 21 heavy (non-hydrogen) atoms. The molecule has 0 aliphatic rings. The molecule has 0 aromatic heterocycles. The van der Waals surface area contributed by atoms with Gasteiger partial charge in [0.05, 0.1) is 18.7 Å². The van der Waals surface area contributed by atoms with Gasteiger partial charge in [0.1, 0.15) is 23.9 Å². The van der Waals surface area contributed by atoms with Crippen molar-refractivity contribution >= 4 is 15.9 Å². The van der Waals surface area contributed by atoms with Crippen molar-refractivity contribution in [1.82, 2.24) is 0 Å². The number of ether oxygens (including phenoxy) is 3. The molecule has 0 spiro atoms. The van der Waals surface area contributed by atoms with Gasteiger partial charge in [-0.1, -0.05) is 12.1 Å². The molecule has 2 N–H and O–H groups in total. The van der Waals surface area contributed by atoms with Crippen LogP contribution in [-0.2, 0) is 13.2 Å². The monoisotopic (exact) mass is 351 g/mol. The van der Waals surface area contributed by atoms with Gasteiger partial charge < -0.3 is 19.9 Å². The Bertz CT molecular complexity index is 599. The van der Waals surface area contributed by atoms with Gasteiger partial charge in [0.15, 0.2) is 0 Å². The predicted molar refractivity (Wildman–Crippen MR) is 85.9 cm³/mol. The third kappa shape index (κ3) is 3.89. The van der Waals surface area contributed by atoms with Crippen LogP contribution < -0.4 is 19.9 Å². The number of nitrogens with two attached hydrogens (primary N) is 1. The van der Waals surface area contributed by atoms with Crippen LogP contribution in [0.4, 0.5) is 0 Å². The lowest BCUT2D eigenvalue weighted by molar-refractivity contribution is 0.302. The second-order valence-corrected chi connectivity index (χ2v) is 5.29. The minimum absolute atomic E-state index is 0.398. The quantitative estimate of drug-likeness (QED) is 0.865. The zero-order chi connectivity index (χ0) is 15.2. The van der Waals surface area contributed by atoms with Crippen LogP contribution in [0.15, 0.2) is 40.9 Å². The molecule has 0 saturated heterocycles. The first kappa shape index (κ1) is 15.7. The predicted octanol–water partition coefficient (Wildman–Crippen LogP) is 3.50. The maximum absolute atomic E-state index is 5.84. The maximum atomic E-state index is 5.84. The number of hydrogen-bond donors (Lipinski definition) is 1. The van der Waals surface area contributed by atoms with Crippen LogP contribution in [0.1, 0.15) is 11.1 Å². The Labute approximate surface area is 132 Å². The summed E-state index contributed by atoms with van der Waals surface area (Å²) in [5.74, 6) is 2.32. The van der Waals surface area contributed by atoms with Crippen molar-refractivity contribution in [2.45, 2.75) is 13.2 Å². The van der Waals surface area contributed by atoms with Crippen LogP contribution in [0, 0.1) is 0 Å². The number of hydrogen-bond acceptors (Lipinski definition) is 4. The Morgan fingerprint density at radius 3 is 2.29 bits per heavy atom. The van der Waals surface area contributed by atoms with E-state index in [0.29, 0.717) is 13.2 Å². The molecule has 2 rings (SSSR count). The Balaban J connectivity index is 2.11. The molecule has 2 aromatic carbocycles. The fourth-order valence-electron chi connectivity index (χ4n) is 1.92. The van der Waals surface area contributed by atoms with Crippen molar-refractivity contribution in [1.29, 1.82) is 0 Å². The highest BCUT2D eigenvalue weighted by molar-refractivity contribution is 9.10. The molecule has 0 unspecified atom stereocenters. The number of halogens is 1. The van der Waals surface area contributed by atoms with Crippen LogP contribution in [-0.4, -0.2) is 14.2 Å². The van der Waals surface area contributed by atoms with Gasteiger partial charge in [-0.2, -0.15) is 0 Å². The molecule has 112 valence electrons. The van der Waals surface area contributed by atoms with E-state index in [4.69, 9.17) is 19.9 Å². The van der Waals surface area contributed by atoms with Crippen LogP contribution >= 0.6 is 15.9 Å². The Hall–Kier alpha value is -1.72. The fraction of sp³-hybridized carbons (Fsp3) is 0.250. The molecule has 0 fully saturated rings. The van der Waals surface area contributed by atoms with E-state index in [2.05, 4.69) is 15.9 Å². The van der Waals surface area contributed by atoms with Gasteiger partial charge in [-0.3, -0.25) is 0 Å². The van der Waals surface area contributed by atoms with E-state index in [1.165, 1.54) is 0 Å². The SMILES string of the molecule is COc1ccc(COc2cc(CN)c(OC)cc2Br)cc1. The highest BCUT2D eigenvalue weighted by Gasteiger charge is 2.09. The van der Waals surface area contributed by atoms with E-state index in [1.807, 2.05) is 36.4 Å². The summed E-state index contributed by atoms with van der Waals surface area (Å²) in [6.07, 6.45) is 0. The number of methoxy groups -OCH3 is 2. The first-order valence-corrected chi connectivity index (χ1v) is 7.29. The Morgan fingerprint density at radius 2 is 1.71 bits per heavy atom. The third-order valence-electron chi connectivity index (χ3n) is 3.11. The fourth-order valence-corrected chi connectivity index (χ4v) is 2.36. The van der Waals surface area contributed by atoms with Gasteiger partial charge in [-0.05, 0) is 45.8 Å². The summed E-state index contributed by atoms with van der Waals surface area (Å²) >= 11 is 3.48. The highest BCUT2D eigenvalue weighted by Crippen LogP contribution is 2.33. The highest BCUT2D eigenvalue weighted by atomic mass is 79.9. The van der Waals surface area contributed by atoms with Crippen LogP contribution in [0.5, 0.6) is 17.2 Å². The van der Waals surface area contributed by atoms with Crippen molar-refractivity contribution in [3.05, 3.63) is 52.0 Å². The van der Waals surface area contributed by atoms with Gasteiger partial charge in [0.25, 0.3) is 0 Å². The standard InChI is InChI=1S/C16H18BrNO3/c1-19-13-5-3-11(4-6-13)10-21-16-7-12(9-18)15(20-2)8-14(16)17/h3-8H,9-10,18H2,1-2H3. The molecule has 2 aromatic rings. The van der Waals surface area contributed by atoms with Crippen molar-refractivity contribution in [3.63, 3.8) is 0 Å². The molecule has 4 nitrogen and oxygen atoms in total. The van der Waals surface area contributed by atoms with E-state index >= 15 is 0 Å². The van der Waals surface area contributed by atoms with Crippen molar-refractivity contribution in [2.75, 3.05) is 14.2 Å². The second-order valence-electron chi connectivity index (χ2n) is 4.44. The molecule has 5 heteroatoms. The van der Waals surface area contributed by atoms with Crippen LogP contribution in [0.3, 0.4) is 0 Å². The largest absolute Gasteiger partial charge is 0.497 e. The Kier molecular flexibility index (Phi) is 5.47. The van der Waals surface area contributed by atoms with Gasteiger partial charge in [0.2, 0.25) is 0 Å². The lowest BCUT2D eigenvalue weighted by atomic mass is 10.2. The molecule has 0 aliphatic heterocycles. The first-order chi connectivity index (χ1) is 10.2. The second kappa shape index (κ2) is 7.33. The zero-order valence-electron chi connectivity index (χ0n) is 12.1. The summed E-state index contributed by atoms with van der Waals surface area (Å²) < 4.78 is 17.1. The summed E-state index contributed by atoms with van der Waals surface area (Å²) in [6, 6.07) is 11.5. The molecule has 0 atom stereocenters. The first-order valence-electron chi connectivity index (χ1n) is 6.50. The average molecular weight is 352 g/mol. The molecule has 0 bridgehead atoms. The van der Waals surface area contributed by atoms with Crippen molar-refractivity contribution in [2.24, 2.45) is 5.73 Å². The van der Waals surface area contributed by atoms with E-state index in [0.717, 1.165) is 32.8 Å². The van der Waals surface area contributed by atoms with Gasteiger partial charge in [-0.25, -0.2) is 0 Å². The summed E-state index contributed by atoms with van der Waals surface area (Å²) in [7, 11) is 3.27. The van der Waals surface area contributed by atoms with Crippen molar-refractivity contribution < 1.29 is 14.2 Å². The van der Waals surface area contributed by atoms with E-state index < -0.39 is 0 Å². The third-order valence-corrected chi connectivity index (χ3v) is 3.73. The average Bonchev–Trinajstić information content (AvgIpc) is 2.53. The van der Waals surface area contributed by atoms with E-state index in [9.17, 15) is 0 Å². The normalized spacial score (nSPS) is 10.3. The number of rotatable bonds is 6. The molecule has 0 aliphatic carbocycles. The van der Waals surface area contributed by atoms with Gasteiger partial charge in [0, 0.05) is 12.1 Å². The molecular weight excluding hydrogens is 334 g/mol. The summed E-state index contributed by atoms with van der Waals surface area (Å²) in [6.45, 7) is 0.869. The zero-order valence-corrected chi connectivity index (χ0v) is 13.6. The van der Waals surface area contributed by atoms with Crippen LogP contribution in [0.2, 0.25) is 0 Å². The summed E-state index contributed by atoms with van der Waals surface area (Å²) in [5, 5.41) is 0. The smallest absolute Gasteiger partial charge is 0.134 e. The minimum atomic E-state index is 0.398. The lowest BCUT2D eigenvalue weighted by Crippen LogP contribution is -2.02. The van der Waals surface area contributed by atoms with E-state index in [-0.39, 0.29) is 0 Å².